The van der Waals surface area contributed by atoms with Crippen molar-refractivity contribution in [2.45, 2.75) is 13.5 Å². The molecule has 134 valence electrons. The molecule has 0 aliphatic rings. The van der Waals surface area contributed by atoms with Crippen LogP contribution in [0.4, 0.5) is 4.39 Å². The highest BCUT2D eigenvalue weighted by molar-refractivity contribution is 5.93. The summed E-state index contributed by atoms with van der Waals surface area (Å²) in [5.41, 5.74) is 0.373. The van der Waals surface area contributed by atoms with E-state index in [0.717, 1.165) is 5.56 Å². The lowest BCUT2D eigenvalue weighted by atomic mass is 10.1. The Hall–Kier alpha value is -3.15. The molecule has 0 radical (unpaired) electrons. The van der Waals surface area contributed by atoms with E-state index >= 15 is 0 Å². The van der Waals surface area contributed by atoms with Crippen molar-refractivity contribution in [3.8, 4) is 5.75 Å². The fourth-order valence-corrected chi connectivity index (χ4v) is 2.82. The summed E-state index contributed by atoms with van der Waals surface area (Å²) in [6.45, 7) is 2.10. The number of benzene rings is 2. The van der Waals surface area contributed by atoms with E-state index in [2.05, 4.69) is 0 Å². The van der Waals surface area contributed by atoms with Crippen LogP contribution in [0.1, 0.15) is 22.8 Å². The van der Waals surface area contributed by atoms with Crippen molar-refractivity contribution in [2.75, 3.05) is 13.7 Å². The number of carbonyl (C=O) groups is 1. The average molecular weight is 355 g/mol. The molecular formula is C20H18FNO4. The molecule has 5 nitrogen and oxygen atoms in total. The van der Waals surface area contributed by atoms with Gasteiger partial charge in [0.15, 0.2) is 0 Å². The van der Waals surface area contributed by atoms with Crippen LogP contribution in [0.5, 0.6) is 5.75 Å². The van der Waals surface area contributed by atoms with Crippen LogP contribution in [0, 0.1) is 5.82 Å². The number of nitrogens with zero attached hydrogens (tertiary/aromatic N) is 1. The van der Waals surface area contributed by atoms with Gasteiger partial charge in [0.2, 0.25) is 5.43 Å². The standard InChI is InChI=1S/C20H18FNO4/c1-3-26-20(24)16-12-22(11-13-7-9-14(25-2)10-8-13)18-15(19(16)23)5-4-6-17(18)21/h4-10,12H,3,11H2,1-2H3. The SMILES string of the molecule is CCOC(=O)c1cn(Cc2ccc(OC)cc2)c2c(F)cccc2c1=O. The molecule has 1 aromatic heterocycles. The first-order valence-electron chi connectivity index (χ1n) is 8.17. The van der Waals surface area contributed by atoms with Crippen LogP contribution in [-0.4, -0.2) is 24.3 Å². The Labute approximate surface area is 149 Å². The Morgan fingerprint density at radius 2 is 1.88 bits per heavy atom. The highest BCUT2D eigenvalue weighted by atomic mass is 19.1. The van der Waals surface area contributed by atoms with E-state index in [1.165, 1.54) is 24.4 Å². The second-order valence-electron chi connectivity index (χ2n) is 5.70. The minimum absolute atomic E-state index is 0.113. The quantitative estimate of drug-likeness (QED) is 0.659. The molecule has 0 saturated heterocycles. The number of esters is 1. The number of para-hydroxylation sites is 1. The number of carbonyl (C=O) groups excluding carboxylic acids is 1. The predicted octanol–water partition coefficient (Wildman–Crippen LogP) is 3.37. The lowest BCUT2D eigenvalue weighted by molar-refractivity contribution is 0.0524. The minimum atomic E-state index is -0.716. The van der Waals surface area contributed by atoms with Gasteiger partial charge in [0, 0.05) is 18.1 Å². The van der Waals surface area contributed by atoms with Gasteiger partial charge in [-0.3, -0.25) is 4.79 Å². The van der Waals surface area contributed by atoms with E-state index in [1.807, 2.05) is 12.1 Å². The van der Waals surface area contributed by atoms with Crippen LogP contribution in [0.15, 0.2) is 53.5 Å². The number of rotatable bonds is 5. The Bertz CT molecular complexity index is 1010. The molecule has 0 unspecified atom stereocenters. The van der Waals surface area contributed by atoms with Gasteiger partial charge in [0.05, 0.1) is 19.2 Å². The summed E-state index contributed by atoms with van der Waals surface area (Å²) in [6, 6.07) is 11.5. The highest BCUT2D eigenvalue weighted by Gasteiger charge is 2.18. The number of methoxy groups -OCH3 is 1. The molecule has 2 aromatic carbocycles. The minimum Gasteiger partial charge on any atom is -0.497 e. The van der Waals surface area contributed by atoms with Gasteiger partial charge in [0.25, 0.3) is 0 Å². The number of fused-ring (bicyclic) bond motifs is 1. The third-order valence-electron chi connectivity index (χ3n) is 4.06. The monoisotopic (exact) mass is 355 g/mol. The van der Waals surface area contributed by atoms with E-state index < -0.39 is 17.2 Å². The van der Waals surface area contributed by atoms with Crippen LogP contribution in [0.25, 0.3) is 10.9 Å². The highest BCUT2D eigenvalue weighted by Crippen LogP contribution is 2.19. The maximum Gasteiger partial charge on any atom is 0.343 e. The number of halogens is 1. The van der Waals surface area contributed by atoms with Gasteiger partial charge >= 0.3 is 5.97 Å². The van der Waals surface area contributed by atoms with Crippen molar-refractivity contribution in [3.05, 3.63) is 75.8 Å². The van der Waals surface area contributed by atoms with Crippen molar-refractivity contribution in [1.82, 2.24) is 4.57 Å². The van der Waals surface area contributed by atoms with E-state index in [-0.39, 0.29) is 29.6 Å². The summed E-state index contributed by atoms with van der Waals surface area (Å²) in [5, 5.41) is 0.143. The van der Waals surface area contributed by atoms with E-state index in [1.54, 1.807) is 30.7 Å². The van der Waals surface area contributed by atoms with Crippen molar-refractivity contribution in [2.24, 2.45) is 0 Å². The van der Waals surface area contributed by atoms with Gasteiger partial charge in [-0.15, -0.1) is 0 Å². The third kappa shape index (κ3) is 3.31. The summed E-state index contributed by atoms with van der Waals surface area (Å²) in [7, 11) is 1.57. The molecule has 0 bridgehead atoms. The van der Waals surface area contributed by atoms with E-state index in [9.17, 15) is 14.0 Å². The summed E-state index contributed by atoms with van der Waals surface area (Å²) in [6.07, 6.45) is 1.36. The van der Waals surface area contributed by atoms with Gasteiger partial charge in [-0.25, -0.2) is 9.18 Å². The number of aromatic nitrogens is 1. The van der Waals surface area contributed by atoms with Crippen LogP contribution in [0.3, 0.4) is 0 Å². The number of hydrogen-bond donors (Lipinski definition) is 0. The first-order chi connectivity index (χ1) is 12.5. The Balaban J connectivity index is 2.16. The number of ether oxygens (including phenoxy) is 2. The molecule has 0 aliphatic heterocycles. The smallest absolute Gasteiger partial charge is 0.343 e. The summed E-state index contributed by atoms with van der Waals surface area (Å²) >= 11 is 0. The summed E-state index contributed by atoms with van der Waals surface area (Å²) < 4.78 is 26.1. The molecule has 6 heteroatoms. The van der Waals surface area contributed by atoms with Gasteiger partial charge in [0.1, 0.15) is 17.1 Å². The third-order valence-corrected chi connectivity index (χ3v) is 4.06. The predicted molar refractivity (Wildman–Crippen MR) is 96.2 cm³/mol. The van der Waals surface area contributed by atoms with Crippen LogP contribution >= 0.6 is 0 Å². The maximum atomic E-state index is 14.4. The van der Waals surface area contributed by atoms with Crippen molar-refractivity contribution in [1.29, 1.82) is 0 Å². The van der Waals surface area contributed by atoms with E-state index in [0.29, 0.717) is 5.75 Å². The molecule has 0 amide bonds. The van der Waals surface area contributed by atoms with Gasteiger partial charge in [-0.2, -0.15) is 0 Å². The van der Waals surface area contributed by atoms with Gasteiger partial charge in [-0.1, -0.05) is 18.2 Å². The van der Waals surface area contributed by atoms with Crippen molar-refractivity contribution in [3.63, 3.8) is 0 Å². The Morgan fingerprint density at radius 1 is 1.15 bits per heavy atom. The lowest BCUT2D eigenvalue weighted by Crippen LogP contribution is -2.21. The van der Waals surface area contributed by atoms with Crippen LogP contribution < -0.4 is 10.2 Å². The van der Waals surface area contributed by atoms with E-state index in [4.69, 9.17) is 9.47 Å². The molecule has 0 aliphatic carbocycles. The normalized spacial score (nSPS) is 10.7. The topological polar surface area (TPSA) is 57.5 Å². The maximum absolute atomic E-state index is 14.4. The molecule has 0 atom stereocenters. The largest absolute Gasteiger partial charge is 0.497 e. The molecule has 26 heavy (non-hydrogen) atoms. The average Bonchev–Trinajstić information content (AvgIpc) is 2.65. The fourth-order valence-electron chi connectivity index (χ4n) is 2.82. The first kappa shape index (κ1) is 17.7. The van der Waals surface area contributed by atoms with Crippen LogP contribution in [0.2, 0.25) is 0 Å². The number of hydrogen-bond acceptors (Lipinski definition) is 4. The molecule has 3 rings (SSSR count). The zero-order chi connectivity index (χ0) is 18.7. The van der Waals surface area contributed by atoms with Crippen molar-refractivity contribution < 1.29 is 18.7 Å². The zero-order valence-electron chi connectivity index (χ0n) is 14.5. The number of pyridine rings is 1. The molecular weight excluding hydrogens is 337 g/mol. The Morgan fingerprint density at radius 3 is 2.54 bits per heavy atom. The first-order valence-corrected chi connectivity index (χ1v) is 8.17. The molecule has 0 saturated carbocycles. The van der Waals surface area contributed by atoms with Crippen LogP contribution in [-0.2, 0) is 11.3 Å². The molecule has 3 aromatic rings. The zero-order valence-corrected chi connectivity index (χ0v) is 14.5. The molecule has 0 fully saturated rings. The Kier molecular flexibility index (Phi) is 5.02. The summed E-state index contributed by atoms with van der Waals surface area (Å²) in [5.74, 6) is -0.535. The molecule has 0 N–H and O–H groups in total. The van der Waals surface area contributed by atoms with Crippen molar-refractivity contribution >= 4 is 16.9 Å². The van der Waals surface area contributed by atoms with Gasteiger partial charge in [-0.05, 0) is 36.8 Å². The molecule has 0 spiro atoms. The second kappa shape index (κ2) is 7.39. The lowest BCUT2D eigenvalue weighted by Gasteiger charge is -2.14. The fraction of sp³-hybridized carbons (Fsp3) is 0.200. The molecule has 1 heterocycles. The van der Waals surface area contributed by atoms with Gasteiger partial charge < -0.3 is 14.0 Å². The second-order valence-corrected chi connectivity index (χ2v) is 5.70. The summed E-state index contributed by atoms with van der Waals surface area (Å²) in [4.78, 5) is 24.7.